The average molecular weight is 603 g/mol. The largest absolute Gasteiger partial charge is 0.378 e. The summed E-state index contributed by atoms with van der Waals surface area (Å²) in [6.07, 6.45) is 13.3. The van der Waals surface area contributed by atoms with E-state index in [2.05, 4.69) is 13.8 Å². The molecule has 0 aromatic rings. The zero-order valence-corrected chi connectivity index (χ0v) is 26.8. The Morgan fingerprint density at radius 1 is 0.500 bits per heavy atom. The van der Waals surface area contributed by atoms with Crippen molar-refractivity contribution in [3.05, 3.63) is 0 Å². The number of halogens is 4. The molecule has 4 aliphatic carbocycles. The lowest BCUT2D eigenvalue weighted by molar-refractivity contribution is -0.0765. The fourth-order valence-corrected chi connectivity index (χ4v) is 9.05. The maximum atomic E-state index is 15.5. The fourth-order valence-electron chi connectivity index (χ4n) is 9.05. The van der Waals surface area contributed by atoms with Crippen LogP contribution >= 0.6 is 0 Å². The van der Waals surface area contributed by atoms with Gasteiger partial charge in [-0.05, 0) is 119 Å². The van der Waals surface area contributed by atoms with Crippen LogP contribution in [0.15, 0.2) is 0 Å². The predicted molar refractivity (Wildman–Crippen MR) is 164 cm³/mol. The molecule has 4 saturated carbocycles. The summed E-state index contributed by atoms with van der Waals surface area (Å²) in [7, 11) is 0. The van der Waals surface area contributed by atoms with E-state index < -0.39 is 30.8 Å². The van der Waals surface area contributed by atoms with Crippen molar-refractivity contribution < 1.29 is 27.0 Å². The van der Waals surface area contributed by atoms with Crippen molar-refractivity contribution in [1.29, 1.82) is 0 Å². The molecule has 0 amide bonds. The van der Waals surface area contributed by atoms with Crippen LogP contribution in [0.3, 0.4) is 0 Å². The summed E-state index contributed by atoms with van der Waals surface area (Å²) in [5, 5.41) is 0. The Bertz CT molecular complexity index is 723. The van der Waals surface area contributed by atoms with Gasteiger partial charge in [-0.3, -0.25) is 0 Å². The molecule has 42 heavy (non-hydrogen) atoms. The smallest absolute Gasteiger partial charge is 0.157 e. The van der Waals surface area contributed by atoms with E-state index in [4.69, 9.17) is 9.47 Å². The lowest BCUT2D eigenvalue weighted by Gasteiger charge is -2.44. The van der Waals surface area contributed by atoms with Crippen molar-refractivity contribution in [2.45, 2.75) is 179 Å². The van der Waals surface area contributed by atoms with Gasteiger partial charge < -0.3 is 9.47 Å². The highest BCUT2D eigenvalue weighted by Gasteiger charge is 2.47. The molecule has 0 aromatic carbocycles. The van der Waals surface area contributed by atoms with Crippen LogP contribution in [-0.4, -0.2) is 50.1 Å². The first-order valence-corrected chi connectivity index (χ1v) is 18.2. The molecule has 8 atom stereocenters. The zero-order valence-electron chi connectivity index (χ0n) is 26.8. The first-order valence-electron chi connectivity index (χ1n) is 18.2. The quantitative estimate of drug-likeness (QED) is 0.137. The lowest BCUT2D eigenvalue weighted by Crippen LogP contribution is -2.45. The Labute approximate surface area is 254 Å². The molecular weight excluding hydrogens is 540 g/mol. The van der Waals surface area contributed by atoms with Gasteiger partial charge in [0.25, 0.3) is 0 Å². The van der Waals surface area contributed by atoms with E-state index in [1.165, 1.54) is 0 Å². The highest BCUT2D eigenvalue weighted by molar-refractivity contribution is 4.96. The maximum Gasteiger partial charge on any atom is 0.157 e. The minimum atomic E-state index is -1.50. The number of unbranched alkanes of at least 4 members (excludes halogenated alkanes) is 3. The van der Waals surface area contributed by atoms with Crippen LogP contribution in [0, 0.1) is 35.5 Å². The highest BCUT2D eigenvalue weighted by Crippen LogP contribution is 2.48. The fraction of sp³-hybridized carbons (Fsp3) is 1.00. The summed E-state index contributed by atoms with van der Waals surface area (Å²) >= 11 is 0. The second-order valence-electron chi connectivity index (χ2n) is 14.6. The van der Waals surface area contributed by atoms with Crippen LogP contribution in [0.4, 0.5) is 17.6 Å². The molecule has 4 fully saturated rings. The van der Waals surface area contributed by atoms with Gasteiger partial charge in [0, 0.05) is 13.2 Å². The van der Waals surface area contributed by atoms with Crippen LogP contribution in [0.2, 0.25) is 0 Å². The molecule has 0 bridgehead atoms. The molecule has 0 spiro atoms. The molecule has 246 valence electrons. The third-order valence-corrected chi connectivity index (χ3v) is 11.8. The Morgan fingerprint density at radius 2 is 1.10 bits per heavy atom. The highest BCUT2D eigenvalue weighted by atomic mass is 19.2. The van der Waals surface area contributed by atoms with Crippen LogP contribution in [0.1, 0.15) is 142 Å². The third kappa shape index (κ3) is 9.57. The van der Waals surface area contributed by atoms with E-state index in [1.807, 2.05) is 0 Å². The van der Waals surface area contributed by atoms with Gasteiger partial charge in [-0.25, -0.2) is 17.6 Å². The first-order chi connectivity index (χ1) is 20.4. The van der Waals surface area contributed by atoms with Gasteiger partial charge in [-0.1, -0.05) is 58.8 Å². The maximum absolute atomic E-state index is 15.5. The van der Waals surface area contributed by atoms with Crippen molar-refractivity contribution in [1.82, 2.24) is 0 Å². The summed E-state index contributed by atoms with van der Waals surface area (Å²) in [4.78, 5) is 0. The van der Waals surface area contributed by atoms with Gasteiger partial charge in [0.2, 0.25) is 0 Å². The van der Waals surface area contributed by atoms with Crippen molar-refractivity contribution >= 4 is 0 Å². The van der Waals surface area contributed by atoms with Crippen LogP contribution in [-0.2, 0) is 9.47 Å². The second kappa shape index (κ2) is 18.0. The lowest BCUT2D eigenvalue weighted by atomic mass is 9.64. The molecule has 4 rings (SSSR count). The molecule has 0 saturated heterocycles. The summed E-state index contributed by atoms with van der Waals surface area (Å²) in [5.41, 5.74) is 0. The molecule has 8 unspecified atom stereocenters. The SMILES string of the molecule is CCCCCOC1CCC(CCCC2CCC(C3CCC(C4CCC(OCCCC)CC4)C(F)C3F)CC2)C(F)C1F. The standard InChI is InChI=1S/C36H62F4O2/c1-3-5-7-24-42-32-22-17-28(33(37)36(32)40)10-8-9-25-11-13-26(14-12-25)30-20-21-31(35(39)34(30)38)27-15-18-29(19-16-27)41-23-6-4-2/h25-36H,3-24H2,1-2H3. The number of hydrogen-bond acceptors (Lipinski definition) is 2. The van der Waals surface area contributed by atoms with E-state index in [-0.39, 0.29) is 17.8 Å². The van der Waals surface area contributed by atoms with Crippen molar-refractivity contribution in [3.63, 3.8) is 0 Å². The monoisotopic (exact) mass is 602 g/mol. The van der Waals surface area contributed by atoms with Crippen LogP contribution in [0.5, 0.6) is 0 Å². The molecule has 6 heteroatoms. The summed E-state index contributed by atoms with van der Waals surface area (Å²) in [5.74, 6) is 0.761. The van der Waals surface area contributed by atoms with Crippen LogP contribution < -0.4 is 0 Å². The van der Waals surface area contributed by atoms with Crippen molar-refractivity contribution in [3.8, 4) is 0 Å². The molecule has 4 aliphatic rings. The molecule has 0 radical (unpaired) electrons. The van der Waals surface area contributed by atoms with Crippen molar-refractivity contribution in [2.24, 2.45) is 35.5 Å². The van der Waals surface area contributed by atoms with E-state index in [0.29, 0.717) is 43.3 Å². The molecule has 0 heterocycles. The average Bonchev–Trinajstić information content (AvgIpc) is 3.01. The van der Waals surface area contributed by atoms with E-state index >= 15 is 8.78 Å². The van der Waals surface area contributed by atoms with E-state index in [0.717, 1.165) is 122 Å². The van der Waals surface area contributed by atoms with Gasteiger partial charge in [0.05, 0.1) is 12.2 Å². The van der Waals surface area contributed by atoms with Gasteiger partial charge in [0.15, 0.2) is 6.17 Å². The number of alkyl halides is 4. The summed E-state index contributed by atoms with van der Waals surface area (Å²) in [6.45, 7) is 5.65. The number of rotatable bonds is 15. The van der Waals surface area contributed by atoms with Gasteiger partial charge in [-0.15, -0.1) is 0 Å². The minimum Gasteiger partial charge on any atom is -0.378 e. The van der Waals surface area contributed by atoms with Crippen molar-refractivity contribution in [2.75, 3.05) is 13.2 Å². The van der Waals surface area contributed by atoms with E-state index in [9.17, 15) is 8.78 Å². The normalized spacial score (nSPS) is 41.6. The summed E-state index contributed by atoms with van der Waals surface area (Å²) in [6, 6.07) is 0. The Hall–Kier alpha value is -0.360. The van der Waals surface area contributed by atoms with E-state index in [1.54, 1.807) is 0 Å². The predicted octanol–water partition coefficient (Wildman–Crippen LogP) is 10.7. The zero-order chi connectivity index (χ0) is 29.9. The molecule has 2 nitrogen and oxygen atoms in total. The number of ether oxygens (including phenoxy) is 2. The molecule has 0 aromatic heterocycles. The Morgan fingerprint density at radius 3 is 1.71 bits per heavy atom. The third-order valence-electron chi connectivity index (χ3n) is 11.8. The van der Waals surface area contributed by atoms with Gasteiger partial charge in [-0.2, -0.15) is 0 Å². The molecule has 0 N–H and O–H groups in total. The second-order valence-corrected chi connectivity index (χ2v) is 14.6. The van der Waals surface area contributed by atoms with Crippen LogP contribution in [0.25, 0.3) is 0 Å². The minimum absolute atomic E-state index is 0.116. The molecule has 0 aliphatic heterocycles. The van der Waals surface area contributed by atoms with Gasteiger partial charge in [0.1, 0.15) is 18.5 Å². The topological polar surface area (TPSA) is 18.5 Å². The Kier molecular flexibility index (Phi) is 14.8. The first kappa shape index (κ1) is 34.5. The number of hydrogen-bond donors (Lipinski definition) is 0. The Balaban J connectivity index is 1.11. The summed E-state index contributed by atoms with van der Waals surface area (Å²) < 4.78 is 72.3. The molecular formula is C36H62F4O2. The van der Waals surface area contributed by atoms with Gasteiger partial charge >= 0.3 is 0 Å².